The Hall–Kier alpha value is -0.180. The molecule has 0 aromatic rings. The third-order valence-corrected chi connectivity index (χ3v) is 0.906. The minimum absolute atomic E-state index is 1.04. The molecule has 0 saturated heterocycles. The zero-order valence-corrected chi connectivity index (χ0v) is 4.53. The van der Waals surface area contributed by atoms with Gasteiger partial charge in [0.25, 0.3) is 0 Å². The predicted octanol–water partition coefficient (Wildman–Crippen LogP) is 0.642. The highest BCUT2D eigenvalue weighted by atomic mass is 32.2. The largest absolute Gasteiger partial charge is 0.323 e. The van der Waals surface area contributed by atoms with Crippen molar-refractivity contribution in [2.75, 3.05) is 5.75 Å². The van der Waals surface area contributed by atoms with Crippen LogP contribution in [0.25, 0.3) is 0 Å². The summed E-state index contributed by atoms with van der Waals surface area (Å²) in [5.74, 6) is 5.81. The molecule has 0 aliphatic rings. The van der Waals surface area contributed by atoms with E-state index < -0.39 is 0 Å². The van der Waals surface area contributed by atoms with Crippen LogP contribution in [0.3, 0.4) is 0 Å². The van der Waals surface area contributed by atoms with Crippen LogP contribution in [0.2, 0.25) is 0 Å². The first-order valence-corrected chi connectivity index (χ1v) is 2.80. The van der Waals surface area contributed by atoms with Crippen LogP contribution in [0, 0.1) is 0 Å². The van der Waals surface area contributed by atoms with Gasteiger partial charge in [0.15, 0.2) is 0 Å². The van der Waals surface area contributed by atoms with Crippen LogP contribution < -0.4 is 5.84 Å². The SMILES string of the molecule is CCSC=NN. The lowest BCUT2D eigenvalue weighted by Gasteiger charge is -1.76. The summed E-state index contributed by atoms with van der Waals surface area (Å²) >= 11 is 1.59. The van der Waals surface area contributed by atoms with Gasteiger partial charge in [-0.3, -0.25) is 0 Å². The standard InChI is InChI=1S/C3H8N2S/c1-2-6-3-5-4/h3H,2,4H2,1H3. The van der Waals surface area contributed by atoms with Gasteiger partial charge in [-0.2, -0.15) is 5.10 Å². The van der Waals surface area contributed by atoms with Crippen molar-refractivity contribution >= 4 is 17.3 Å². The van der Waals surface area contributed by atoms with E-state index in [4.69, 9.17) is 5.84 Å². The van der Waals surface area contributed by atoms with Crippen molar-refractivity contribution < 1.29 is 0 Å². The summed E-state index contributed by atoms with van der Waals surface area (Å²) in [5, 5.41) is 3.26. The molecule has 0 aliphatic heterocycles. The Kier molecular flexibility index (Phi) is 4.68. The fraction of sp³-hybridized carbons (Fsp3) is 0.667. The minimum Gasteiger partial charge on any atom is -0.323 e. The second-order valence-electron chi connectivity index (χ2n) is 0.710. The van der Waals surface area contributed by atoms with Crippen LogP contribution >= 0.6 is 11.8 Å². The van der Waals surface area contributed by atoms with E-state index >= 15 is 0 Å². The Bertz CT molecular complexity index is 44.1. The Balaban J connectivity index is 2.66. The molecule has 0 fully saturated rings. The van der Waals surface area contributed by atoms with Crippen LogP contribution in [0.1, 0.15) is 6.92 Å². The molecule has 0 saturated carbocycles. The molecule has 0 atom stereocenters. The van der Waals surface area contributed by atoms with E-state index in [0.29, 0.717) is 0 Å². The molecule has 0 aromatic carbocycles. The summed E-state index contributed by atoms with van der Waals surface area (Å²) in [6, 6.07) is 0. The number of hydrazone groups is 1. The lowest BCUT2D eigenvalue weighted by molar-refractivity contribution is 1.27. The van der Waals surface area contributed by atoms with E-state index in [9.17, 15) is 0 Å². The molecule has 0 radical (unpaired) electrons. The third-order valence-electron chi connectivity index (χ3n) is 0.302. The quantitative estimate of drug-likeness (QED) is 0.242. The smallest absolute Gasteiger partial charge is 0.0794 e. The summed E-state index contributed by atoms with van der Waals surface area (Å²) < 4.78 is 0. The molecule has 2 nitrogen and oxygen atoms in total. The van der Waals surface area contributed by atoms with Crippen molar-refractivity contribution in [2.24, 2.45) is 10.9 Å². The molecule has 0 amide bonds. The Morgan fingerprint density at radius 1 is 2.00 bits per heavy atom. The van der Waals surface area contributed by atoms with Crippen LogP contribution in [0.15, 0.2) is 5.10 Å². The predicted molar refractivity (Wildman–Crippen MR) is 30.8 cm³/mol. The van der Waals surface area contributed by atoms with Gasteiger partial charge in [0.2, 0.25) is 0 Å². The van der Waals surface area contributed by atoms with Crippen LogP contribution in [-0.4, -0.2) is 11.3 Å². The molecule has 0 spiro atoms. The highest BCUT2D eigenvalue weighted by Crippen LogP contribution is 1.88. The van der Waals surface area contributed by atoms with E-state index in [1.54, 1.807) is 17.3 Å². The van der Waals surface area contributed by atoms with E-state index in [-0.39, 0.29) is 0 Å². The number of thioether (sulfide) groups is 1. The Labute approximate surface area is 41.8 Å². The van der Waals surface area contributed by atoms with Gasteiger partial charge in [0.1, 0.15) is 0 Å². The van der Waals surface area contributed by atoms with Gasteiger partial charge in [-0.25, -0.2) is 0 Å². The Morgan fingerprint density at radius 2 is 2.67 bits per heavy atom. The summed E-state index contributed by atoms with van der Waals surface area (Å²) in [4.78, 5) is 0. The van der Waals surface area contributed by atoms with Crippen molar-refractivity contribution in [1.29, 1.82) is 0 Å². The van der Waals surface area contributed by atoms with Crippen LogP contribution in [0.4, 0.5) is 0 Å². The zero-order valence-electron chi connectivity index (χ0n) is 3.72. The fourth-order valence-electron chi connectivity index (χ4n) is 0.118. The molecule has 0 bridgehead atoms. The van der Waals surface area contributed by atoms with Gasteiger partial charge < -0.3 is 5.84 Å². The number of hydrogen-bond donors (Lipinski definition) is 1. The average Bonchev–Trinajstić information content (AvgIpc) is 1.61. The van der Waals surface area contributed by atoms with Crippen molar-refractivity contribution in [3.8, 4) is 0 Å². The molecule has 0 aromatic heterocycles. The molecule has 0 heterocycles. The minimum atomic E-state index is 1.04. The van der Waals surface area contributed by atoms with Crippen LogP contribution in [-0.2, 0) is 0 Å². The van der Waals surface area contributed by atoms with E-state index in [2.05, 4.69) is 5.10 Å². The molecule has 0 unspecified atom stereocenters. The highest BCUT2D eigenvalue weighted by Gasteiger charge is 1.66. The van der Waals surface area contributed by atoms with Gasteiger partial charge in [0, 0.05) is 0 Å². The second-order valence-corrected chi connectivity index (χ2v) is 1.83. The average molecular weight is 104 g/mol. The van der Waals surface area contributed by atoms with Gasteiger partial charge in [0.05, 0.1) is 5.55 Å². The molecule has 36 valence electrons. The van der Waals surface area contributed by atoms with Crippen LogP contribution in [0.5, 0.6) is 0 Å². The first-order valence-electron chi connectivity index (χ1n) is 1.75. The summed E-state index contributed by atoms with van der Waals surface area (Å²) in [7, 11) is 0. The Morgan fingerprint density at radius 3 is 2.83 bits per heavy atom. The summed E-state index contributed by atoms with van der Waals surface area (Å²) in [5.41, 5.74) is 1.62. The van der Waals surface area contributed by atoms with Crippen molar-refractivity contribution in [2.45, 2.75) is 6.92 Å². The molecule has 3 heteroatoms. The lowest BCUT2D eigenvalue weighted by atomic mass is 11.0. The fourth-order valence-corrected chi connectivity index (χ4v) is 0.353. The first kappa shape index (κ1) is 5.82. The number of nitrogens with zero attached hydrogens (tertiary/aromatic N) is 1. The van der Waals surface area contributed by atoms with Gasteiger partial charge >= 0.3 is 0 Å². The molecular weight excluding hydrogens is 96.1 g/mol. The van der Waals surface area contributed by atoms with Gasteiger partial charge in [-0.05, 0) is 5.75 Å². The van der Waals surface area contributed by atoms with E-state index in [1.807, 2.05) is 6.92 Å². The number of hydrogen-bond acceptors (Lipinski definition) is 3. The van der Waals surface area contributed by atoms with E-state index in [0.717, 1.165) is 5.75 Å². The van der Waals surface area contributed by atoms with Crippen molar-refractivity contribution in [3.05, 3.63) is 0 Å². The molecule has 0 rings (SSSR count). The normalized spacial score (nSPS) is 10.2. The lowest BCUT2D eigenvalue weighted by Crippen LogP contribution is -1.77. The second kappa shape index (κ2) is 4.82. The maximum atomic E-state index is 4.76. The van der Waals surface area contributed by atoms with E-state index in [1.165, 1.54) is 0 Å². The molecular formula is C3H8N2S. The summed E-state index contributed by atoms with van der Waals surface area (Å²) in [6.07, 6.45) is 0. The van der Waals surface area contributed by atoms with Crippen molar-refractivity contribution in [3.63, 3.8) is 0 Å². The molecule has 6 heavy (non-hydrogen) atoms. The molecule has 0 aliphatic carbocycles. The number of nitrogens with two attached hydrogens (primary N) is 1. The zero-order chi connectivity index (χ0) is 4.83. The number of rotatable bonds is 2. The maximum Gasteiger partial charge on any atom is 0.0794 e. The van der Waals surface area contributed by atoms with Gasteiger partial charge in [-0.15, -0.1) is 11.8 Å². The monoisotopic (exact) mass is 104 g/mol. The highest BCUT2D eigenvalue weighted by molar-refractivity contribution is 8.12. The first-order chi connectivity index (χ1) is 2.91. The topological polar surface area (TPSA) is 38.4 Å². The van der Waals surface area contributed by atoms with Gasteiger partial charge in [-0.1, -0.05) is 6.92 Å². The maximum absolute atomic E-state index is 4.76. The summed E-state index contributed by atoms with van der Waals surface area (Å²) in [6.45, 7) is 2.05. The third kappa shape index (κ3) is 3.82. The van der Waals surface area contributed by atoms with Crippen molar-refractivity contribution in [1.82, 2.24) is 0 Å². The molecule has 2 N–H and O–H groups in total.